The second kappa shape index (κ2) is 5.43. The fourth-order valence-electron chi connectivity index (χ4n) is 2.89. The van der Waals surface area contributed by atoms with Gasteiger partial charge in [-0.05, 0) is 35.7 Å². The fraction of sp³-hybridized carbons (Fsp3) is 0. The zero-order chi connectivity index (χ0) is 16.8. The molecule has 4 nitrogen and oxygen atoms in total. The molecule has 25 heavy (non-hydrogen) atoms. The van der Waals surface area contributed by atoms with Gasteiger partial charge < -0.3 is 9.52 Å². The number of oxazole rings is 1. The summed E-state index contributed by atoms with van der Waals surface area (Å²) < 4.78 is 6.78. The molecule has 0 unspecified atom stereocenters. The van der Waals surface area contributed by atoms with Crippen molar-refractivity contribution in [3.63, 3.8) is 0 Å². The largest absolute Gasteiger partial charge is 0.508 e. The van der Waals surface area contributed by atoms with Gasteiger partial charge in [-0.2, -0.15) is 0 Å². The van der Waals surface area contributed by atoms with Crippen molar-refractivity contribution < 1.29 is 9.52 Å². The van der Waals surface area contributed by atoms with Crippen molar-refractivity contribution in [1.29, 1.82) is 0 Å². The Labute approximate surface area is 146 Å². The molecule has 0 aliphatic heterocycles. The number of thiazole rings is 1. The maximum absolute atomic E-state index is 9.55. The van der Waals surface area contributed by atoms with E-state index < -0.39 is 0 Å². The molecule has 0 radical (unpaired) electrons. The predicted molar refractivity (Wildman–Crippen MR) is 102 cm³/mol. The Balaban J connectivity index is 1.56. The van der Waals surface area contributed by atoms with E-state index in [1.165, 1.54) is 11.3 Å². The monoisotopic (exact) mass is 344 g/mol. The van der Waals surface area contributed by atoms with E-state index in [9.17, 15) is 5.11 Å². The lowest BCUT2D eigenvalue weighted by Gasteiger charge is -1.95. The Bertz CT molecular complexity index is 1270. The van der Waals surface area contributed by atoms with Crippen molar-refractivity contribution in [2.24, 2.45) is 0 Å². The number of benzene rings is 3. The Hall–Kier alpha value is -3.18. The van der Waals surface area contributed by atoms with Crippen LogP contribution in [0.15, 0.2) is 59.0 Å². The van der Waals surface area contributed by atoms with E-state index in [-0.39, 0.29) is 5.75 Å². The number of aromatic nitrogens is 2. The molecule has 0 saturated carbocycles. The average Bonchev–Trinajstić information content (AvgIpc) is 3.22. The zero-order valence-electron chi connectivity index (χ0n) is 13.0. The Morgan fingerprint density at radius 2 is 1.88 bits per heavy atom. The summed E-state index contributed by atoms with van der Waals surface area (Å²) in [7, 11) is 0. The summed E-state index contributed by atoms with van der Waals surface area (Å²) in [6.45, 7) is 0. The maximum atomic E-state index is 9.55. The molecule has 0 fully saturated rings. The topological polar surface area (TPSA) is 59.2 Å². The predicted octanol–water partition coefficient (Wildman–Crippen LogP) is 5.47. The van der Waals surface area contributed by atoms with E-state index in [4.69, 9.17) is 4.42 Å². The molecule has 0 amide bonds. The van der Waals surface area contributed by atoms with Crippen molar-refractivity contribution >= 4 is 55.6 Å². The summed E-state index contributed by atoms with van der Waals surface area (Å²) in [5.74, 6) is 0.797. The molecule has 0 bridgehead atoms. The lowest BCUT2D eigenvalue weighted by atomic mass is 10.1. The fourth-order valence-corrected chi connectivity index (χ4v) is 3.80. The summed E-state index contributed by atoms with van der Waals surface area (Å²) in [4.78, 5) is 9.13. The lowest BCUT2D eigenvalue weighted by molar-refractivity contribution is 0.476. The molecule has 5 heteroatoms. The minimum atomic E-state index is 0.248. The van der Waals surface area contributed by atoms with E-state index in [1.807, 2.05) is 48.6 Å². The van der Waals surface area contributed by atoms with Gasteiger partial charge in [0, 0.05) is 11.5 Å². The van der Waals surface area contributed by atoms with Crippen LogP contribution in [0.5, 0.6) is 5.75 Å². The highest BCUT2D eigenvalue weighted by molar-refractivity contribution is 7.19. The van der Waals surface area contributed by atoms with Crippen LogP contribution in [0.4, 0.5) is 0 Å². The highest BCUT2D eigenvalue weighted by Crippen LogP contribution is 2.28. The number of nitrogens with zero attached hydrogens (tertiary/aromatic N) is 2. The summed E-state index contributed by atoms with van der Waals surface area (Å²) in [6.07, 6.45) is 3.71. The van der Waals surface area contributed by atoms with Gasteiger partial charge >= 0.3 is 0 Å². The number of hydrogen-bond donors (Lipinski definition) is 1. The molecule has 0 aliphatic rings. The van der Waals surface area contributed by atoms with Crippen LogP contribution in [0, 0.1) is 0 Å². The Morgan fingerprint density at radius 1 is 0.960 bits per heavy atom. The number of rotatable bonds is 2. The molecule has 0 spiro atoms. The van der Waals surface area contributed by atoms with Gasteiger partial charge in [-0.3, -0.25) is 0 Å². The van der Waals surface area contributed by atoms with E-state index in [2.05, 4.69) is 16.0 Å². The molecule has 5 aromatic rings. The van der Waals surface area contributed by atoms with Gasteiger partial charge in [0.15, 0.2) is 5.58 Å². The van der Waals surface area contributed by atoms with Crippen LogP contribution in [0.3, 0.4) is 0 Å². The van der Waals surface area contributed by atoms with Crippen LogP contribution < -0.4 is 0 Å². The first-order valence-corrected chi connectivity index (χ1v) is 8.64. The van der Waals surface area contributed by atoms with Crippen LogP contribution in [0.1, 0.15) is 10.9 Å². The normalized spacial score (nSPS) is 12.0. The highest BCUT2D eigenvalue weighted by Gasteiger charge is 2.08. The van der Waals surface area contributed by atoms with Crippen molar-refractivity contribution in [3.8, 4) is 5.75 Å². The maximum Gasteiger partial charge on any atom is 0.220 e. The first kappa shape index (κ1) is 14.2. The molecule has 2 heterocycles. The van der Waals surface area contributed by atoms with Crippen LogP contribution in [-0.2, 0) is 0 Å². The van der Waals surface area contributed by atoms with Gasteiger partial charge in [0.2, 0.25) is 5.89 Å². The van der Waals surface area contributed by atoms with Gasteiger partial charge in [0.05, 0.1) is 10.2 Å². The quantitative estimate of drug-likeness (QED) is 0.461. The minimum absolute atomic E-state index is 0.248. The van der Waals surface area contributed by atoms with Crippen LogP contribution in [-0.4, -0.2) is 15.1 Å². The number of phenolic OH excluding ortho intramolecular Hbond substituents is 1. The molecule has 2 aromatic heterocycles. The van der Waals surface area contributed by atoms with E-state index in [1.54, 1.807) is 12.1 Å². The second-order valence-corrected chi connectivity index (χ2v) is 6.79. The summed E-state index contributed by atoms with van der Waals surface area (Å²) in [5.41, 5.74) is 2.51. The van der Waals surface area contributed by atoms with Crippen molar-refractivity contribution in [2.45, 2.75) is 0 Å². The highest BCUT2D eigenvalue weighted by atomic mass is 32.1. The average molecular weight is 344 g/mol. The smallest absolute Gasteiger partial charge is 0.220 e. The van der Waals surface area contributed by atoms with Gasteiger partial charge in [0.1, 0.15) is 16.3 Å². The standard InChI is InChI=1S/C20H12N2O2S/c23-13-6-7-15-17(11-13)25-19(21-15)10-9-18-22-20-14-4-2-1-3-12(14)5-8-16(20)24-18/h1-11,23H. The van der Waals surface area contributed by atoms with Gasteiger partial charge in [-0.25, -0.2) is 9.97 Å². The molecule has 0 aliphatic carbocycles. The summed E-state index contributed by atoms with van der Waals surface area (Å²) in [5, 5.41) is 12.6. The van der Waals surface area contributed by atoms with Gasteiger partial charge in [-0.15, -0.1) is 11.3 Å². The van der Waals surface area contributed by atoms with Crippen molar-refractivity contribution in [1.82, 2.24) is 9.97 Å². The SMILES string of the molecule is Oc1ccc2nc(C=Cc3nc4c(ccc5ccccc54)o3)sc2c1. The number of aromatic hydroxyl groups is 1. The molecule has 5 rings (SSSR count). The van der Waals surface area contributed by atoms with E-state index in [0.29, 0.717) is 5.89 Å². The van der Waals surface area contributed by atoms with E-state index >= 15 is 0 Å². The van der Waals surface area contributed by atoms with Gasteiger partial charge in [0.25, 0.3) is 0 Å². The number of hydrogen-bond acceptors (Lipinski definition) is 5. The Morgan fingerprint density at radius 3 is 2.84 bits per heavy atom. The minimum Gasteiger partial charge on any atom is -0.508 e. The molecule has 3 aromatic carbocycles. The third-order valence-corrected chi connectivity index (χ3v) is 5.04. The third kappa shape index (κ3) is 2.45. The first-order chi connectivity index (χ1) is 12.3. The number of phenols is 1. The summed E-state index contributed by atoms with van der Waals surface area (Å²) >= 11 is 1.51. The van der Waals surface area contributed by atoms with Crippen LogP contribution >= 0.6 is 11.3 Å². The van der Waals surface area contributed by atoms with Gasteiger partial charge in [-0.1, -0.05) is 30.3 Å². The lowest BCUT2D eigenvalue weighted by Crippen LogP contribution is -1.75. The summed E-state index contributed by atoms with van der Waals surface area (Å²) in [6, 6.07) is 17.3. The first-order valence-electron chi connectivity index (χ1n) is 7.82. The molecular weight excluding hydrogens is 332 g/mol. The molecular formula is C20H12N2O2S. The molecule has 0 atom stereocenters. The number of fused-ring (bicyclic) bond motifs is 4. The molecule has 120 valence electrons. The molecule has 0 saturated heterocycles. The van der Waals surface area contributed by atoms with Crippen molar-refractivity contribution in [3.05, 3.63) is 65.5 Å². The van der Waals surface area contributed by atoms with Crippen molar-refractivity contribution in [2.75, 3.05) is 0 Å². The van der Waals surface area contributed by atoms with Crippen LogP contribution in [0.2, 0.25) is 0 Å². The third-order valence-electron chi connectivity index (χ3n) is 4.06. The Kier molecular flexibility index (Phi) is 3.08. The molecule has 1 N–H and O–H groups in total. The zero-order valence-corrected chi connectivity index (χ0v) is 13.8. The van der Waals surface area contributed by atoms with Crippen LogP contribution in [0.25, 0.3) is 44.2 Å². The van der Waals surface area contributed by atoms with E-state index in [0.717, 1.165) is 37.1 Å². The second-order valence-electron chi connectivity index (χ2n) is 5.72.